The zero-order valence-electron chi connectivity index (χ0n) is 15.5. The molecular formula is C22H20N2O4. The minimum atomic E-state index is -1.14. The van der Waals surface area contributed by atoms with Gasteiger partial charge in [0.2, 0.25) is 0 Å². The number of hydrogen-bond donors (Lipinski definition) is 3. The maximum absolute atomic E-state index is 12.2. The van der Waals surface area contributed by atoms with Gasteiger partial charge in [0, 0.05) is 22.4 Å². The summed E-state index contributed by atoms with van der Waals surface area (Å²) in [7, 11) is 1.19. The van der Waals surface area contributed by atoms with Crippen LogP contribution in [0.3, 0.4) is 0 Å². The Kier molecular flexibility index (Phi) is 7.21. The van der Waals surface area contributed by atoms with E-state index >= 15 is 0 Å². The molecule has 6 heteroatoms. The predicted molar refractivity (Wildman–Crippen MR) is 106 cm³/mol. The van der Waals surface area contributed by atoms with Crippen LogP contribution in [0.5, 0.6) is 0 Å². The highest BCUT2D eigenvalue weighted by Crippen LogP contribution is 2.06. The summed E-state index contributed by atoms with van der Waals surface area (Å²) in [5, 5.41) is 12.1. The molecule has 0 aliphatic carbocycles. The molecule has 2 atom stereocenters. The van der Waals surface area contributed by atoms with Crippen LogP contribution in [0.25, 0.3) is 0 Å². The molecule has 2 rings (SSSR count). The molecule has 2 aromatic rings. The van der Waals surface area contributed by atoms with E-state index in [0.717, 1.165) is 5.56 Å². The van der Waals surface area contributed by atoms with E-state index in [4.69, 9.17) is 5.73 Å². The van der Waals surface area contributed by atoms with Crippen LogP contribution in [0.4, 0.5) is 5.69 Å². The Balaban J connectivity index is 2.03. The molecular weight excluding hydrogens is 356 g/mol. The molecule has 0 saturated heterocycles. The Morgan fingerprint density at radius 1 is 1.00 bits per heavy atom. The summed E-state index contributed by atoms with van der Waals surface area (Å²) < 4.78 is 4.57. The maximum atomic E-state index is 12.2. The van der Waals surface area contributed by atoms with Gasteiger partial charge in [-0.1, -0.05) is 11.8 Å². The van der Waals surface area contributed by atoms with Crippen molar-refractivity contribution < 1.29 is 19.4 Å². The highest BCUT2D eigenvalue weighted by molar-refractivity contribution is 5.97. The lowest BCUT2D eigenvalue weighted by Crippen LogP contribution is -2.48. The van der Waals surface area contributed by atoms with Crippen LogP contribution in [0, 0.1) is 23.7 Å². The van der Waals surface area contributed by atoms with Crippen LogP contribution >= 0.6 is 0 Å². The second-order valence-corrected chi connectivity index (χ2v) is 5.91. The van der Waals surface area contributed by atoms with E-state index in [1.165, 1.54) is 14.0 Å². The van der Waals surface area contributed by atoms with Gasteiger partial charge in [-0.05, 0) is 67.3 Å². The number of nitrogens with one attached hydrogen (secondary N) is 1. The molecule has 0 bridgehead atoms. The van der Waals surface area contributed by atoms with Gasteiger partial charge in [-0.3, -0.25) is 4.79 Å². The molecule has 0 fully saturated rings. The second kappa shape index (κ2) is 9.82. The van der Waals surface area contributed by atoms with Gasteiger partial charge in [0.25, 0.3) is 5.91 Å². The number of aliphatic hydroxyl groups excluding tert-OH is 1. The minimum absolute atomic E-state index is 0.327. The molecule has 0 aromatic heterocycles. The van der Waals surface area contributed by atoms with E-state index in [1.54, 1.807) is 36.4 Å². The Hall–Kier alpha value is -3.74. The molecule has 0 radical (unpaired) electrons. The van der Waals surface area contributed by atoms with Crippen molar-refractivity contribution in [3.05, 3.63) is 65.2 Å². The summed E-state index contributed by atoms with van der Waals surface area (Å²) >= 11 is 0. The van der Waals surface area contributed by atoms with Crippen molar-refractivity contribution in [1.82, 2.24) is 5.32 Å². The zero-order valence-corrected chi connectivity index (χ0v) is 15.5. The van der Waals surface area contributed by atoms with Crippen molar-refractivity contribution in [2.45, 2.75) is 19.1 Å². The molecule has 142 valence electrons. The minimum Gasteiger partial charge on any atom is -0.467 e. The van der Waals surface area contributed by atoms with Crippen molar-refractivity contribution >= 4 is 17.6 Å². The summed E-state index contributed by atoms with van der Waals surface area (Å²) in [6.45, 7) is 1.39. The lowest BCUT2D eigenvalue weighted by molar-refractivity contribution is -0.145. The topological polar surface area (TPSA) is 102 Å². The first-order chi connectivity index (χ1) is 13.4. The second-order valence-electron chi connectivity index (χ2n) is 5.91. The molecule has 0 spiro atoms. The summed E-state index contributed by atoms with van der Waals surface area (Å²) in [5.74, 6) is 10.1. The molecule has 4 N–H and O–H groups in total. The lowest BCUT2D eigenvalue weighted by atomic mass is 10.1. The molecule has 2 unspecified atom stereocenters. The number of benzene rings is 2. The Labute approximate surface area is 163 Å². The lowest BCUT2D eigenvalue weighted by Gasteiger charge is -2.18. The Morgan fingerprint density at radius 3 is 1.96 bits per heavy atom. The van der Waals surface area contributed by atoms with E-state index in [-0.39, 0.29) is 0 Å². The average Bonchev–Trinajstić information content (AvgIpc) is 2.70. The highest BCUT2D eigenvalue weighted by Gasteiger charge is 2.26. The van der Waals surface area contributed by atoms with Crippen molar-refractivity contribution in [2.24, 2.45) is 0 Å². The third kappa shape index (κ3) is 5.91. The summed E-state index contributed by atoms with van der Waals surface area (Å²) in [6, 6.07) is 12.5. The van der Waals surface area contributed by atoms with Crippen LogP contribution < -0.4 is 11.1 Å². The van der Waals surface area contributed by atoms with Crippen LogP contribution in [-0.2, 0) is 9.53 Å². The summed E-state index contributed by atoms with van der Waals surface area (Å²) in [5.41, 5.74) is 8.11. The molecule has 0 heterocycles. The predicted octanol–water partition coefficient (Wildman–Crippen LogP) is 1.32. The van der Waals surface area contributed by atoms with Crippen molar-refractivity contribution in [3.63, 3.8) is 0 Å². The number of amides is 1. The van der Waals surface area contributed by atoms with Crippen molar-refractivity contribution in [1.29, 1.82) is 0 Å². The standard InChI is InChI=1S/C22H20N2O4/c1-15(25)20(22(27)28-2)24-21(26)18-11-7-16(8-12-18)5-3-4-6-17-9-13-19(23)14-10-17/h7-15,20,25H,23H2,1-2H3,(H,24,26). The average molecular weight is 376 g/mol. The smallest absolute Gasteiger partial charge is 0.331 e. The van der Waals surface area contributed by atoms with Crippen molar-refractivity contribution in [3.8, 4) is 23.7 Å². The number of methoxy groups -OCH3 is 1. The zero-order chi connectivity index (χ0) is 20.5. The number of nitrogens with two attached hydrogens (primary N) is 1. The monoisotopic (exact) mass is 376 g/mol. The van der Waals surface area contributed by atoms with Gasteiger partial charge in [0.1, 0.15) is 0 Å². The number of aliphatic hydroxyl groups is 1. The normalized spacial score (nSPS) is 11.7. The van der Waals surface area contributed by atoms with Gasteiger partial charge in [-0.15, -0.1) is 0 Å². The number of carbonyl (C=O) groups is 2. The van der Waals surface area contributed by atoms with Gasteiger partial charge in [-0.25, -0.2) is 4.79 Å². The molecule has 0 aliphatic heterocycles. The van der Waals surface area contributed by atoms with E-state index < -0.39 is 24.0 Å². The number of esters is 1. The number of hydrogen-bond acceptors (Lipinski definition) is 5. The van der Waals surface area contributed by atoms with Crippen LogP contribution in [0.2, 0.25) is 0 Å². The van der Waals surface area contributed by atoms with Gasteiger partial charge >= 0.3 is 5.97 Å². The molecule has 0 aliphatic rings. The van der Waals surface area contributed by atoms with Crippen LogP contribution in [0.1, 0.15) is 28.4 Å². The Bertz CT molecular complexity index is 956. The fourth-order valence-corrected chi connectivity index (χ4v) is 2.21. The first-order valence-corrected chi connectivity index (χ1v) is 8.45. The summed E-state index contributed by atoms with van der Waals surface area (Å²) in [4.78, 5) is 23.8. The van der Waals surface area contributed by atoms with E-state index in [0.29, 0.717) is 16.8 Å². The SMILES string of the molecule is COC(=O)C(NC(=O)c1ccc(C#CC#Cc2ccc(N)cc2)cc1)C(C)O. The molecule has 1 amide bonds. The fourth-order valence-electron chi connectivity index (χ4n) is 2.21. The number of nitrogen functional groups attached to an aromatic ring is 1. The number of ether oxygens (including phenoxy) is 1. The van der Waals surface area contributed by atoms with Crippen LogP contribution in [0.15, 0.2) is 48.5 Å². The number of carbonyl (C=O) groups excluding carboxylic acids is 2. The largest absolute Gasteiger partial charge is 0.467 e. The van der Waals surface area contributed by atoms with Crippen molar-refractivity contribution in [2.75, 3.05) is 12.8 Å². The third-order valence-electron chi connectivity index (χ3n) is 3.76. The molecule has 2 aromatic carbocycles. The van der Waals surface area contributed by atoms with E-state index in [2.05, 4.69) is 33.7 Å². The number of rotatable bonds is 4. The van der Waals surface area contributed by atoms with E-state index in [9.17, 15) is 14.7 Å². The van der Waals surface area contributed by atoms with Gasteiger partial charge < -0.3 is 20.9 Å². The highest BCUT2D eigenvalue weighted by atomic mass is 16.5. The van der Waals surface area contributed by atoms with Crippen LogP contribution in [-0.4, -0.2) is 36.2 Å². The van der Waals surface area contributed by atoms with Gasteiger partial charge in [0.15, 0.2) is 6.04 Å². The first kappa shape index (κ1) is 20.6. The van der Waals surface area contributed by atoms with Gasteiger partial charge in [-0.2, -0.15) is 0 Å². The molecule has 6 nitrogen and oxygen atoms in total. The molecule has 0 saturated carbocycles. The fraction of sp³-hybridized carbons (Fsp3) is 0.182. The quantitative estimate of drug-likeness (QED) is 0.424. The van der Waals surface area contributed by atoms with Gasteiger partial charge in [0.05, 0.1) is 13.2 Å². The van der Waals surface area contributed by atoms with E-state index in [1.807, 2.05) is 12.1 Å². The maximum Gasteiger partial charge on any atom is 0.331 e. The number of anilines is 1. The molecule has 28 heavy (non-hydrogen) atoms. The summed E-state index contributed by atoms with van der Waals surface area (Å²) in [6.07, 6.45) is -1.08. The first-order valence-electron chi connectivity index (χ1n) is 8.45. The third-order valence-corrected chi connectivity index (χ3v) is 3.76. The Morgan fingerprint density at radius 2 is 1.50 bits per heavy atom.